The van der Waals surface area contributed by atoms with E-state index in [4.69, 9.17) is 33.2 Å². The van der Waals surface area contributed by atoms with E-state index in [2.05, 4.69) is 0 Å². The normalized spacial score (nSPS) is 20.8. The van der Waals surface area contributed by atoms with Gasteiger partial charge < -0.3 is 43.0 Å². The topological polar surface area (TPSA) is 122 Å². The zero-order valence-electron chi connectivity index (χ0n) is 34.2. The van der Waals surface area contributed by atoms with Crippen molar-refractivity contribution in [1.29, 1.82) is 0 Å². The Labute approximate surface area is 347 Å². The van der Waals surface area contributed by atoms with Crippen LogP contribution in [0.2, 0.25) is 0 Å². The molecule has 0 N–H and O–H groups in total. The van der Waals surface area contributed by atoms with Crippen LogP contribution in [0.15, 0.2) is 121 Å². The van der Waals surface area contributed by atoms with Crippen molar-refractivity contribution >= 4 is 18.0 Å². The van der Waals surface area contributed by atoms with Crippen molar-refractivity contribution in [1.82, 2.24) is 9.80 Å². The Balaban J connectivity index is 1.17. The molecule has 0 saturated carbocycles. The number of ether oxygens (including phenoxy) is 7. The predicted octanol–water partition coefficient (Wildman–Crippen LogP) is 7.09. The van der Waals surface area contributed by atoms with E-state index in [1.165, 1.54) is 0 Å². The zero-order chi connectivity index (χ0) is 41.5. The maximum absolute atomic E-state index is 13.3. The Hall–Kier alpha value is -5.11. The highest BCUT2D eigenvalue weighted by Crippen LogP contribution is 2.32. The molecule has 4 aromatic carbocycles. The first-order chi connectivity index (χ1) is 28.6. The van der Waals surface area contributed by atoms with Gasteiger partial charge in [-0.05, 0) is 43.0 Å². The molecule has 6 rings (SSSR count). The van der Waals surface area contributed by atoms with Gasteiger partial charge in [0, 0.05) is 32.6 Å². The van der Waals surface area contributed by atoms with Gasteiger partial charge >= 0.3 is 12.1 Å². The van der Waals surface area contributed by atoms with Crippen molar-refractivity contribution in [2.24, 2.45) is 0 Å². The van der Waals surface area contributed by atoms with Crippen molar-refractivity contribution in [3.63, 3.8) is 0 Å². The fourth-order valence-corrected chi connectivity index (χ4v) is 6.85. The second-order valence-electron chi connectivity index (χ2n) is 15.7. The van der Waals surface area contributed by atoms with Crippen LogP contribution < -0.4 is 0 Å². The predicted molar refractivity (Wildman–Crippen MR) is 220 cm³/mol. The van der Waals surface area contributed by atoms with Gasteiger partial charge in [-0.3, -0.25) is 9.59 Å². The molecular weight excluding hydrogens is 753 g/mol. The summed E-state index contributed by atoms with van der Waals surface area (Å²) in [6.07, 6.45) is -4.54. The van der Waals surface area contributed by atoms with Crippen LogP contribution in [0.3, 0.4) is 0 Å². The molecule has 0 spiro atoms. The number of amides is 2. The summed E-state index contributed by atoms with van der Waals surface area (Å²) in [6, 6.07) is 39.2. The highest BCUT2D eigenvalue weighted by Gasteiger charge is 2.49. The van der Waals surface area contributed by atoms with E-state index < -0.39 is 48.4 Å². The standard InChI is InChI=1S/C47H56N2O10/c1-47(2,3)59-46(52)49-28-26-48(27-29-49)40(50)24-25-41(51)53-34-39-42(54-30-35-16-8-4-9-17-35)43(55-31-36-18-10-5-11-19-36)44(56-32-37-20-12-6-13-21-37)45(58-39)57-33-38-22-14-7-15-23-38/h4-23,39,42-45H,24-34H2,1-3H3/t39-,42-,43+,44-,45?/m1/s1. The molecule has 0 aliphatic carbocycles. The van der Waals surface area contributed by atoms with E-state index >= 15 is 0 Å². The Morgan fingerprint density at radius 3 is 1.46 bits per heavy atom. The molecule has 2 amide bonds. The highest BCUT2D eigenvalue weighted by molar-refractivity contribution is 5.81. The SMILES string of the molecule is CC(C)(C)OC(=O)N1CCN(C(=O)CCC(=O)OC[C@H]2OC(OCc3ccccc3)[C@H](OCc3ccccc3)[C@@H](OCc3ccccc3)[C@@H]2OCc2ccccc2)CC1. The molecule has 12 nitrogen and oxygen atoms in total. The summed E-state index contributed by atoms with van der Waals surface area (Å²) >= 11 is 0. The Bertz CT molecular complexity index is 1870. The number of nitrogens with zero attached hydrogens (tertiary/aromatic N) is 2. The minimum atomic E-state index is -0.930. The minimum Gasteiger partial charge on any atom is -0.463 e. The molecule has 0 radical (unpaired) electrons. The van der Waals surface area contributed by atoms with Crippen molar-refractivity contribution in [3.05, 3.63) is 144 Å². The lowest BCUT2D eigenvalue weighted by atomic mass is 9.97. The van der Waals surface area contributed by atoms with E-state index in [-0.39, 0.29) is 51.8 Å². The fraction of sp³-hybridized carbons (Fsp3) is 0.426. The number of benzene rings is 4. The minimum absolute atomic E-state index is 0.0360. The summed E-state index contributed by atoms with van der Waals surface area (Å²) in [7, 11) is 0. The van der Waals surface area contributed by atoms with Gasteiger partial charge in [0.25, 0.3) is 0 Å². The molecule has 12 heteroatoms. The van der Waals surface area contributed by atoms with Crippen LogP contribution in [0, 0.1) is 0 Å². The van der Waals surface area contributed by atoms with E-state index in [0.717, 1.165) is 22.3 Å². The first-order valence-corrected chi connectivity index (χ1v) is 20.3. The Kier molecular flexibility index (Phi) is 16.0. The van der Waals surface area contributed by atoms with E-state index in [1.807, 2.05) is 142 Å². The van der Waals surface area contributed by atoms with Gasteiger partial charge in [0.05, 0.1) is 32.8 Å². The molecule has 0 bridgehead atoms. The molecule has 2 heterocycles. The van der Waals surface area contributed by atoms with Crippen molar-refractivity contribution in [2.75, 3.05) is 32.8 Å². The Morgan fingerprint density at radius 1 is 0.559 bits per heavy atom. The van der Waals surface area contributed by atoms with Crippen LogP contribution in [0.25, 0.3) is 0 Å². The van der Waals surface area contributed by atoms with E-state index in [0.29, 0.717) is 26.2 Å². The molecule has 59 heavy (non-hydrogen) atoms. The van der Waals surface area contributed by atoms with Crippen molar-refractivity contribution in [3.8, 4) is 0 Å². The van der Waals surface area contributed by atoms with Gasteiger partial charge in [0.15, 0.2) is 6.29 Å². The van der Waals surface area contributed by atoms with Gasteiger partial charge in [-0.2, -0.15) is 0 Å². The molecule has 1 unspecified atom stereocenters. The lowest BCUT2D eigenvalue weighted by Gasteiger charge is -2.45. The molecule has 2 aliphatic rings. The molecule has 5 atom stereocenters. The molecule has 4 aromatic rings. The molecule has 314 valence electrons. The lowest BCUT2D eigenvalue weighted by molar-refractivity contribution is -0.329. The fourth-order valence-electron chi connectivity index (χ4n) is 6.85. The van der Waals surface area contributed by atoms with Crippen LogP contribution in [-0.2, 0) is 69.2 Å². The van der Waals surface area contributed by atoms with Crippen molar-refractivity contribution < 1.29 is 47.5 Å². The van der Waals surface area contributed by atoms with Crippen LogP contribution in [-0.4, -0.2) is 96.9 Å². The number of carbonyl (C=O) groups is 3. The van der Waals surface area contributed by atoms with Crippen LogP contribution >= 0.6 is 0 Å². The van der Waals surface area contributed by atoms with Gasteiger partial charge in [0.2, 0.25) is 5.91 Å². The number of hydrogen-bond donors (Lipinski definition) is 0. The van der Waals surface area contributed by atoms with Crippen LogP contribution in [0.1, 0.15) is 55.9 Å². The number of piperazine rings is 1. The first kappa shape index (κ1) is 43.5. The number of carbonyl (C=O) groups excluding carboxylic acids is 3. The summed E-state index contributed by atoms with van der Waals surface area (Å²) in [4.78, 5) is 42.2. The first-order valence-electron chi connectivity index (χ1n) is 20.3. The Morgan fingerprint density at radius 2 is 0.983 bits per heavy atom. The summed E-state index contributed by atoms with van der Waals surface area (Å²) in [5, 5.41) is 0. The third-order valence-electron chi connectivity index (χ3n) is 9.94. The summed E-state index contributed by atoms with van der Waals surface area (Å²) in [5.74, 6) is -0.743. The molecule has 2 aliphatic heterocycles. The number of esters is 1. The van der Waals surface area contributed by atoms with Crippen LogP contribution in [0.5, 0.6) is 0 Å². The maximum Gasteiger partial charge on any atom is 0.410 e. The number of hydrogen-bond acceptors (Lipinski definition) is 10. The van der Waals surface area contributed by atoms with E-state index in [9.17, 15) is 14.4 Å². The van der Waals surface area contributed by atoms with Crippen molar-refractivity contribution in [2.45, 2.75) is 96.3 Å². The van der Waals surface area contributed by atoms with Gasteiger partial charge in [-0.1, -0.05) is 121 Å². The zero-order valence-corrected chi connectivity index (χ0v) is 34.2. The van der Waals surface area contributed by atoms with Gasteiger partial charge in [-0.25, -0.2) is 4.79 Å². The average molecular weight is 809 g/mol. The van der Waals surface area contributed by atoms with E-state index in [1.54, 1.807) is 9.80 Å². The second kappa shape index (κ2) is 21.8. The van der Waals surface area contributed by atoms with Crippen LogP contribution in [0.4, 0.5) is 4.79 Å². The summed E-state index contributed by atoms with van der Waals surface area (Å²) in [5.41, 5.74) is 3.21. The molecule has 2 fully saturated rings. The van der Waals surface area contributed by atoms with Gasteiger partial charge in [0.1, 0.15) is 36.6 Å². The average Bonchev–Trinajstić information content (AvgIpc) is 3.25. The number of rotatable bonds is 17. The molecule has 0 aromatic heterocycles. The third-order valence-corrected chi connectivity index (χ3v) is 9.94. The summed E-state index contributed by atoms with van der Waals surface area (Å²) in [6.45, 7) is 7.68. The lowest BCUT2D eigenvalue weighted by Crippen LogP contribution is -2.61. The molecular formula is C47H56N2O10. The highest BCUT2D eigenvalue weighted by atomic mass is 16.7. The monoisotopic (exact) mass is 808 g/mol. The third kappa shape index (κ3) is 13.7. The second-order valence-corrected chi connectivity index (χ2v) is 15.7. The summed E-state index contributed by atoms with van der Waals surface area (Å²) < 4.78 is 44.6. The van der Waals surface area contributed by atoms with Gasteiger partial charge in [-0.15, -0.1) is 0 Å². The molecule has 2 saturated heterocycles. The maximum atomic E-state index is 13.3. The quantitative estimate of drug-likeness (QED) is 0.102. The smallest absolute Gasteiger partial charge is 0.410 e. The largest absolute Gasteiger partial charge is 0.463 e.